The maximum absolute atomic E-state index is 14.0. The predicted molar refractivity (Wildman–Crippen MR) is 171 cm³/mol. The fourth-order valence-electron chi connectivity index (χ4n) is 5.37. The molecule has 1 saturated heterocycles. The van der Waals surface area contributed by atoms with Gasteiger partial charge in [0.2, 0.25) is 11.8 Å². The smallest absolute Gasteiger partial charge is 0.340 e. The lowest BCUT2D eigenvalue weighted by Gasteiger charge is -2.26. The second-order valence-corrected chi connectivity index (χ2v) is 12.7. The van der Waals surface area contributed by atoms with E-state index in [1.807, 2.05) is 33.2 Å². The molecule has 1 aliphatic rings. The highest BCUT2D eigenvalue weighted by molar-refractivity contribution is 6.30. The standard InChI is InChI=1S/C33H45ClN4O5/c1-8-9-21(22-11-14-27(28(35)18-22)32(41)43-33(2,3)4)19-30(39)38-20-26(36-37(5)6)13-10-23(31(38)40)16-24-17-25(34)12-15-29(24)42-7/h11-12,14-15,17-18,21,23H,8-10,13,16,19-20,35H2,1-7H3/b36-26+/t21-,23?/m0/s1. The van der Waals surface area contributed by atoms with E-state index in [9.17, 15) is 14.4 Å². The van der Waals surface area contributed by atoms with Gasteiger partial charge in [0.15, 0.2) is 0 Å². The van der Waals surface area contributed by atoms with Crippen molar-refractivity contribution >= 4 is 40.8 Å². The quantitative estimate of drug-likeness (QED) is 0.196. The summed E-state index contributed by atoms with van der Waals surface area (Å²) in [6.45, 7) is 7.58. The summed E-state index contributed by atoms with van der Waals surface area (Å²) < 4.78 is 11.0. The molecule has 1 fully saturated rings. The second-order valence-electron chi connectivity index (χ2n) is 12.3. The summed E-state index contributed by atoms with van der Waals surface area (Å²) in [5, 5.41) is 6.83. The van der Waals surface area contributed by atoms with Crippen LogP contribution in [-0.2, 0) is 20.7 Å². The first-order valence-corrected chi connectivity index (χ1v) is 15.1. The Hall–Kier alpha value is -3.59. The maximum Gasteiger partial charge on any atom is 0.340 e. The SMILES string of the molecule is CCC[C@@H](CC(=O)N1C/C(=N/N(C)C)CCC(Cc2cc(Cl)ccc2OC)C1=O)c1ccc(C(=O)OC(C)(C)C)c(N)c1. The first-order valence-electron chi connectivity index (χ1n) is 14.7. The third kappa shape index (κ3) is 9.45. The Balaban J connectivity index is 1.89. The summed E-state index contributed by atoms with van der Waals surface area (Å²) in [5.41, 5.74) is 8.64. The number of hydrogen-bond donors (Lipinski definition) is 1. The molecule has 2 atom stereocenters. The van der Waals surface area contributed by atoms with Crippen molar-refractivity contribution in [3.8, 4) is 5.75 Å². The van der Waals surface area contributed by atoms with Crippen LogP contribution in [0, 0.1) is 5.92 Å². The summed E-state index contributed by atoms with van der Waals surface area (Å²) in [6, 6.07) is 10.6. The fraction of sp³-hybridized carbons (Fsp3) is 0.515. The van der Waals surface area contributed by atoms with Crippen LogP contribution in [0.5, 0.6) is 5.75 Å². The van der Waals surface area contributed by atoms with Crippen LogP contribution in [0.15, 0.2) is 41.5 Å². The molecule has 0 bridgehead atoms. The van der Waals surface area contributed by atoms with Crippen molar-refractivity contribution < 1.29 is 23.9 Å². The van der Waals surface area contributed by atoms with Gasteiger partial charge in [0, 0.05) is 37.1 Å². The van der Waals surface area contributed by atoms with E-state index in [1.54, 1.807) is 57.2 Å². The van der Waals surface area contributed by atoms with Crippen molar-refractivity contribution in [2.45, 2.75) is 77.7 Å². The maximum atomic E-state index is 14.0. The zero-order chi connectivity index (χ0) is 31.9. The molecule has 0 radical (unpaired) electrons. The summed E-state index contributed by atoms with van der Waals surface area (Å²) in [7, 11) is 5.23. The molecule has 9 nitrogen and oxygen atoms in total. The van der Waals surface area contributed by atoms with E-state index in [0.717, 1.165) is 23.3 Å². The Morgan fingerprint density at radius 3 is 2.51 bits per heavy atom. The highest BCUT2D eigenvalue weighted by atomic mass is 35.5. The Bertz CT molecular complexity index is 1350. The number of benzene rings is 2. The molecule has 1 aliphatic heterocycles. The number of hydrazone groups is 1. The third-order valence-electron chi connectivity index (χ3n) is 7.31. The molecular formula is C33H45ClN4O5. The molecule has 3 rings (SSSR count). The fourth-order valence-corrected chi connectivity index (χ4v) is 5.57. The Morgan fingerprint density at radius 2 is 1.91 bits per heavy atom. The summed E-state index contributed by atoms with van der Waals surface area (Å²) >= 11 is 6.27. The number of nitrogen functional groups attached to an aromatic ring is 1. The number of hydrogen-bond acceptors (Lipinski definition) is 8. The van der Waals surface area contributed by atoms with E-state index in [-0.39, 0.29) is 36.3 Å². The van der Waals surface area contributed by atoms with Gasteiger partial charge in [-0.3, -0.25) is 14.5 Å². The Labute approximate surface area is 260 Å². The van der Waals surface area contributed by atoms with Gasteiger partial charge in [-0.05, 0) is 93.8 Å². The first kappa shape index (κ1) is 33.9. The number of methoxy groups -OCH3 is 1. The van der Waals surface area contributed by atoms with Crippen LogP contribution in [0.4, 0.5) is 5.69 Å². The van der Waals surface area contributed by atoms with Gasteiger partial charge in [0.05, 0.1) is 24.9 Å². The van der Waals surface area contributed by atoms with Crippen molar-refractivity contribution in [3.05, 3.63) is 58.1 Å². The van der Waals surface area contributed by atoms with Gasteiger partial charge in [-0.15, -0.1) is 0 Å². The predicted octanol–water partition coefficient (Wildman–Crippen LogP) is 6.09. The monoisotopic (exact) mass is 612 g/mol. The molecule has 1 heterocycles. The molecule has 2 aromatic rings. The van der Waals surface area contributed by atoms with Crippen LogP contribution >= 0.6 is 11.6 Å². The number of amides is 2. The average Bonchev–Trinajstić information content (AvgIpc) is 3.06. The summed E-state index contributed by atoms with van der Waals surface area (Å²) in [4.78, 5) is 41.9. The topological polar surface area (TPSA) is 115 Å². The number of carbonyl (C=O) groups excluding carboxylic acids is 3. The van der Waals surface area contributed by atoms with Crippen LogP contribution in [0.1, 0.15) is 87.2 Å². The number of nitrogens with zero attached hydrogens (tertiary/aromatic N) is 3. The average molecular weight is 613 g/mol. The van der Waals surface area contributed by atoms with Gasteiger partial charge in [-0.25, -0.2) is 4.79 Å². The van der Waals surface area contributed by atoms with Crippen LogP contribution < -0.4 is 10.5 Å². The molecule has 0 aromatic heterocycles. The van der Waals surface area contributed by atoms with Crippen LogP contribution in [0.25, 0.3) is 0 Å². The van der Waals surface area contributed by atoms with Crippen molar-refractivity contribution in [1.82, 2.24) is 9.91 Å². The number of halogens is 1. The number of carbonyl (C=O) groups is 3. The molecule has 2 N–H and O–H groups in total. The summed E-state index contributed by atoms with van der Waals surface area (Å²) in [6.07, 6.45) is 3.18. The molecule has 0 saturated carbocycles. The molecule has 234 valence electrons. The van der Waals surface area contributed by atoms with Gasteiger partial charge < -0.3 is 20.2 Å². The molecule has 0 aliphatic carbocycles. The third-order valence-corrected chi connectivity index (χ3v) is 7.55. The highest BCUT2D eigenvalue weighted by Crippen LogP contribution is 2.32. The number of esters is 1. The summed E-state index contributed by atoms with van der Waals surface area (Å²) in [5.74, 6) is -0.980. The van der Waals surface area contributed by atoms with Crippen molar-refractivity contribution in [2.75, 3.05) is 33.5 Å². The zero-order valence-electron chi connectivity index (χ0n) is 26.4. The minimum absolute atomic E-state index is 0.118. The largest absolute Gasteiger partial charge is 0.496 e. The van der Waals surface area contributed by atoms with Crippen molar-refractivity contribution in [2.24, 2.45) is 11.0 Å². The highest BCUT2D eigenvalue weighted by Gasteiger charge is 2.35. The van der Waals surface area contributed by atoms with Crippen LogP contribution in [-0.4, -0.2) is 66.8 Å². The van der Waals surface area contributed by atoms with Gasteiger partial charge in [0.1, 0.15) is 11.4 Å². The molecule has 43 heavy (non-hydrogen) atoms. The minimum Gasteiger partial charge on any atom is -0.496 e. The van der Waals surface area contributed by atoms with Gasteiger partial charge in [-0.1, -0.05) is 31.0 Å². The van der Waals surface area contributed by atoms with E-state index < -0.39 is 17.5 Å². The lowest BCUT2D eigenvalue weighted by molar-refractivity contribution is -0.146. The van der Waals surface area contributed by atoms with E-state index in [0.29, 0.717) is 42.1 Å². The lowest BCUT2D eigenvalue weighted by atomic mass is 9.89. The van der Waals surface area contributed by atoms with Gasteiger partial charge >= 0.3 is 5.97 Å². The second kappa shape index (κ2) is 14.7. The lowest BCUT2D eigenvalue weighted by Crippen LogP contribution is -2.42. The van der Waals surface area contributed by atoms with Gasteiger partial charge in [0.25, 0.3) is 0 Å². The Morgan fingerprint density at radius 1 is 1.19 bits per heavy atom. The molecular weight excluding hydrogens is 568 g/mol. The molecule has 2 aromatic carbocycles. The first-order chi connectivity index (χ1) is 20.2. The van der Waals surface area contributed by atoms with E-state index in [4.69, 9.17) is 26.8 Å². The van der Waals surface area contributed by atoms with Crippen molar-refractivity contribution in [3.63, 3.8) is 0 Å². The van der Waals surface area contributed by atoms with E-state index in [2.05, 4.69) is 5.10 Å². The number of imide groups is 1. The number of likely N-dealkylation sites (tertiary alicyclic amines) is 1. The number of rotatable bonds is 10. The van der Waals surface area contributed by atoms with E-state index in [1.165, 1.54) is 4.90 Å². The Kier molecular flexibility index (Phi) is 11.6. The number of ether oxygens (including phenoxy) is 2. The molecule has 1 unspecified atom stereocenters. The minimum atomic E-state index is -0.649. The molecule has 0 spiro atoms. The normalized spacial score (nSPS) is 17.4. The van der Waals surface area contributed by atoms with Crippen LogP contribution in [0.2, 0.25) is 5.02 Å². The van der Waals surface area contributed by atoms with Crippen LogP contribution in [0.3, 0.4) is 0 Å². The zero-order valence-corrected chi connectivity index (χ0v) is 27.2. The number of anilines is 1. The number of nitrogens with two attached hydrogens (primary N) is 1. The van der Waals surface area contributed by atoms with E-state index >= 15 is 0 Å². The van der Waals surface area contributed by atoms with Gasteiger partial charge in [-0.2, -0.15) is 5.10 Å². The molecule has 2 amide bonds. The molecule has 10 heteroatoms. The van der Waals surface area contributed by atoms with Crippen molar-refractivity contribution in [1.29, 1.82) is 0 Å².